The van der Waals surface area contributed by atoms with Gasteiger partial charge < -0.3 is 14.5 Å². The SMILES string of the molecule is C[C@@H]1CN(C(=O)c2ccc(N3CCOCC3)c(F)c2)CC[S@](=O)C1. The van der Waals surface area contributed by atoms with Gasteiger partial charge >= 0.3 is 0 Å². The molecule has 7 heteroatoms. The molecule has 3 rings (SSSR count). The molecule has 132 valence electrons. The monoisotopic (exact) mass is 354 g/mol. The Morgan fingerprint density at radius 2 is 2.04 bits per heavy atom. The lowest BCUT2D eigenvalue weighted by Crippen LogP contribution is -2.37. The molecular formula is C17H23FN2O3S. The first-order chi connectivity index (χ1) is 11.5. The van der Waals surface area contributed by atoms with Crippen molar-refractivity contribution in [2.45, 2.75) is 6.92 Å². The van der Waals surface area contributed by atoms with Gasteiger partial charge in [0, 0.05) is 54.0 Å². The molecule has 1 aromatic carbocycles. The molecule has 2 heterocycles. The quantitative estimate of drug-likeness (QED) is 0.808. The van der Waals surface area contributed by atoms with Crippen LogP contribution >= 0.6 is 0 Å². The van der Waals surface area contributed by atoms with E-state index in [0.717, 1.165) is 0 Å². The summed E-state index contributed by atoms with van der Waals surface area (Å²) in [6.45, 7) is 5.50. The first-order valence-corrected chi connectivity index (χ1v) is 9.80. The minimum atomic E-state index is -0.879. The zero-order chi connectivity index (χ0) is 17.1. The Bertz CT molecular complexity index is 634. The lowest BCUT2D eigenvalue weighted by atomic mass is 10.1. The molecule has 1 amide bonds. The van der Waals surface area contributed by atoms with Gasteiger partial charge in [0.2, 0.25) is 0 Å². The number of rotatable bonds is 2. The van der Waals surface area contributed by atoms with Crippen LogP contribution in [0, 0.1) is 11.7 Å². The minimum Gasteiger partial charge on any atom is -0.378 e. The van der Waals surface area contributed by atoms with Gasteiger partial charge in [0.25, 0.3) is 5.91 Å². The van der Waals surface area contributed by atoms with Crippen LogP contribution in [0.5, 0.6) is 0 Å². The van der Waals surface area contributed by atoms with E-state index >= 15 is 0 Å². The Morgan fingerprint density at radius 3 is 2.75 bits per heavy atom. The molecule has 0 saturated carbocycles. The van der Waals surface area contributed by atoms with E-state index in [1.54, 1.807) is 17.0 Å². The topological polar surface area (TPSA) is 49.9 Å². The van der Waals surface area contributed by atoms with Gasteiger partial charge in [-0.2, -0.15) is 0 Å². The number of carbonyl (C=O) groups is 1. The fourth-order valence-electron chi connectivity index (χ4n) is 3.20. The summed E-state index contributed by atoms with van der Waals surface area (Å²) >= 11 is 0. The maximum Gasteiger partial charge on any atom is 0.253 e. The minimum absolute atomic E-state index is 0.187. The maximum absolute atomic E-state index is 14.5. The molecule has 2 aliphatic rings. The van der Waals surface area contributed by atoms with Gasteiger partial charge in [0.05, 0.1) is 18.9 Å². The third-order valence-corrected chi connectivity index (χ3v) is 6.00. The van der Waals surface area contributed by atoms with Crippen LogP contribution in [0.1, 0.15) is 17.3 Å². The Morgan fingerprint density at radius 1 is 1.29 bits per heavy atom. The largest absolute Gasteiger partial charge is 0.378 e. The summed E-state index contributed by atoms with van der Waals surface area (Å²) in [6, 6.07) is 4.68. The highest BCUT2D eigenvalue weighted by Crippen LogP contribution is 2.23. The third-order valence-electron chi connectivity index (χ3n) is 4.42. The van der Waals surface area contributed by atoms with E-state index in [0.29, 0.717) is 62.1 Å². The standard InChI is InChI=1S/C17H23FN2O3S/c1-13-11-20(6-9-24(22)12-13)17(21)14-2-3-16(15(18)10-14)19-4-7-23-8-5-19/h2-3,10,13H,4-9,11-12H2,1H3/t13-,24+/m1/s1. The van der Waals surface area contributed by atoms with Crippen molar-refractivity contribution in [2.24, 2.45) is 5.92 Å². The fraction of sp³-hybridized carbons (Fsp3) is 0.588. The van der Waals surface area contributed by atoms with E-state index in [2.05, 4.69) is 0 Å². The summed E-state index contributed by atoms with van der Waals surface area (Å²) < 4.78 is 31.5. The van der Waals surface area contributed by atoms with Crippen molar-refractivity contribution in [1.82, 2.24) is 4.90 Å². The van der Waals surface area contributed by atoms with E-state index in [4.69, 9.17) is 4.74 Å². The molecule has 0 radical (unpaired) electrons. The number of anilines is 1. The summed E-state index contributed by atoms with van der Waals surface area (Å²) in [4.78, 5) is 16.3. The third kappa shape index (κ3) is 3.95. The Kier molecular flexibility index (Phi) is 5.50. The number of halogens is 1. The average Bonchev–Trinajstić information content (AvgIpc) is 2.75. The van der Waals surface area contributed by atoms with E-state index in [1.807, 2.05) is 11.8 Å². The van der Waals surface area contributed by atoms with Crippen LogP contribution in [0.2, 0.25) is 0 Å². The second-order valence-corrected chi connectivity index (χ2v) is 8.05. The molecule has 0 N–H and O–H groups in total. The number of nitrogens with zero attached hydrogens (tertiary/aromatic N) is 2. The predicted molar refractivity (Wildman–Crippen MR) is 92.4 cm³/mol. The Labute approximate surface area is 144 Å². The van der Waals surface area contributed by atoms with Crippen molar-refractivity contribution < 1.29 is 18.1 Å². The Hall–Kier alpha value is -1.47. The van der Waals surface area contributed by atoms with E-state index in [9.17, 15) is 13.4 Å². The summed E-state index contributed by atoms with van der Waals surface area (Å²) in [5.74, 6) is 0.732. The van der Waals surface area contributed by atoms with Gasteiger partial charge in [-0.05, 0) is 24.1 Å². The highest BCUT2D eigenvalue weighted by molar-refractivity contribution is 7.85. The number of ether oxygens (including phenoxy) is 1. The van der Waals surface area contributed by atoms with Crippen molar-refractivity contribution in [3.8, 4) is 0 Å². The van der Waals surface area contributed by atoms with Crippen molar-refractivity contribution >= 4 is 22.4 Å². The molecule has 2 aliphatic heterocycles. The molecule has 1 aromatic rings. The van der Waals surface area contributed by atoms with E-state index in [-0.39, 0.29) is 17.6 Å². The number of benzene rings is 1. The van der Waals surface area contributed by atoms with Gasteiger partial charge in [0.1, 0.15) is 5.82 Å². The molecular weight excluding hydrogens is 331 g/mol. The Balaban J connectivity index is 1.75. The molecule has 2 fully saturated rings. The molecule has 0 aliphatic carbocycles. The molecule has 0 aromatic heterocycles. The summed E-state index contributed by atoms with van der Waals surface area (Å²) in [6.07, 6.45) is 0. The smallest absolute Gasteiger partial charge is 0.253 e. The van der Waals surface area contributed by atoms with Crippen molar-refractivity contribution in [1.29, 1.82) is 0 Å². The fourth-order valence-corrected chi connectivity index (χ4v) is 4.53. The molecule has 24 heavy (non-hydrogen) atoms. The van der Waals surface area contributed by atoms with Crippen molar-refractivity contribution in [3.05, 3.63) is 29.6 Å². The predicted octanol–water partition coefficient (Wildman–Crippen LogP) is 1.50. The molecule has 0 spiro atoms. The molecule has 0 unspecified atom stereocenters. The number of amides is 1. The lowest BCUT2D eigenvalue weighted by molar-refractivity contribution is 0.0751. The number of morpholine rings is 1. The van der Waals surface area contributed by atoms with Crippen molar-refractivity contribution in [3.63, 3.8) is 0 Å². The van der Waals surface area contributed by atoms with Gasteiger partial charge in [-0.1, -0.05) is 6.92 Å². The van der Waals surface area contributed by atoms with Gasteiger partial charge in [-0.25, -0.2) is 4.39 Å². The average molecular weight is 354 g/mol. The zero-order valence-corrected chi connectivity index (χ0v) is 14.7. The van der Waals surface area contributed by atoms with Gasteiger partial charge in [-0.15, -0.1) is 0 Å². The first kappa shape index (κ1) is 17.4. The van der Waals surface area contributed by atoms with Crippen LogP contribution in [0.25, 0.3) is 0 Å². The highest BCUT2D eigenvalue weighted by Gasteiger charge is 2.24. The van der Waals surface area contributed by atoms with Crippen LogP contribution < -0.4 is 4.90 Å². The van der Waals surface area contributed by atoms with Crippen LogP contribution in [0.15, 0.2) is 18.2 Å². The normalized spacial score (nSPS) is 25.4. The maximum atomic E-state index is 14.5. The lowest BCUT2D eigenvalue weighted by Gasteiger charge is -2.29. The van der Waals surface area contributed by atoms with Gasteiger partial charge in [0.15, 0.2) is 0 Å². The highest BCUT2D eigenvalue weighted by atomic mass is 32.2. The summed E-state index contributed by atoms with van der Waals surface area (Å²) in [5.41, 5.74) is 0.865. The van der Waals surface area contributed by atoms with Gasteiger partial charge in [-0.3, -0.25) is 9.00 Å². The van der Waals surface area contributed by atoms with Crippen molar-refractivity contribution in [2.75, 3.05) is 55.8 Å². The summed E-state index contributed by atoms with van der Waals surface area (Å²) in [7, 11) is -0.879. The number of hydrogen-bond donors (Lipinski definition) is 0. The van der Waals surface area contributed by atoms with Crippen LogP contribution in [0.3, 0.4) is 0 Å². The molecule has 0 bridgehead atoms. The second-order valence-electron chi connectivity index (χ2n) is 6.43. The summed E-state index contributed by atoms with van der Waals surface area (Å²) in [5, 5.41) is 0. The second kappa shape index (κ2) is 7.61. The molecule has 5 nitrogen and oxygen atoms in total. The molecule has 2 atom stereocenters. The zero-order valence-electron chi connectivity index (χ0n) is 13.9. The van der Waals surface area contributed by atoms with E-state index in [1.165, 1.54) is 6.07 Å². The number of carbonyl (C=O) groups excluding carboxylic acids is 1. The van der Waals surface area contributed by atoms with Crippen LogP contribution in [-0.4, -0.2) is 65.9 Å². The van der Waals surface area contributed by atoms with E-state index < -0.39 is 10.8 Å². The van der Waals surface area contributed by atoms with Crippen LogP contribution in [-0.2, 0) is 15.5 Å². The number of hydrogen-bond acceptors (Lipinski definition) is 4. The first-order valence-electron chi connectivity index (χ1n) is 8.31. The van der Waals surface area contributed by atoms with Crippen LogP contribution in [0.4, 0.5) is 10.1 Å². The molecule has 2 saturated heterocycles.